The Hall–Kier alpha value is -2.42. The summed E-state index contributed by atoms with van der Waals surface area (Å²) in [6, 6.07) is 13.8. The summed E-state index contributed by atoms with van der Waals surface area (Å²) >= 11 is 6.21. The number of aryl methyl sites for hydroxylation is 1. The van der Waals surface area contributed by atoms with Gasteiger partial charge >= 0.3 is 0 Å². The number of nitrogens with one attached hydrogen (secondary N) is 1. The molecule has 2 aromatic rings. The van der Waals surface area contributed by atoms with Gasteiger partial charge in [-0.15, -0.1) is 0 Å². The zero-order valence-corrected chi connectivity index (χ0v) is 19.4. The third kappa shape index (κ3) is 4.67. The highest BCUT2D eigenvalue weighted by Gasteiger charge is 2.37. The first kappa shape index (κ1) is 22.8. The number of carbonyl (C=O) groups is 2. The van der Waals surface area contributed by atoms with Gasteiger partial charge in [0.25, 0.3) is 0 Å². The lowest BCUT2D eigenvalue weighted by Crippen LogP contribution is -2.48. The molecule has 4 rings (SSSR count). The van der Waals surface area contributed by atoms with Crippen molar-refractivity contribution in [2.75, 3.05) is 24.5 Å². The molecule has 2 amide bonds. The Morgan fingerprint density at radius 2 is 1.72 bits per heavy atom. The molecule has 1 N–H and O–H groups in total. The summed E-state index contributed by atoms with van der Waals surface area (Å²) in [7, 11) is -3.54. The molecule has 0 unspecified atom stereocenters. The predicted octanol–water partition coefficient (Wildman–Crippen LogP) is 2.97. The molecule has 0 spiro atoms. The molecule has 2 aliphatic heterocycles. The van der Waals surface area contributed by atoms with Crippen molar-refractivity contribution >= 4 is 39.1 Å². The molecule has 0 aliphatic carbocycles. The van der Waals surface area contributed by atoms with Gasteiger partial charge in [-0.1, -0.05) is 41.4 Å². The molecule has 1 atom stereocenters. The fourth-order valence-corrected chi connectivity index (χ4v) is 5.91. The SMILES string of the molecule is Cc1ccc(S(=O)(=O)N2CCC(NC(=O)[C@@H]3CC(=O)N(c4ccccc4Cl)C3)CC2)cc1. The highest BCUT2D eigenvalue weighted by Crippen LogP contribution is 2.31. The molecule has 0 bridgehead atoms. The Kier molecular flexibility index (Phi) is 6.55. The number of anilines is 1. The van der Waals surface area contributed by atoms with E-state index in [9.17, 15) is 18.0 Å². The Bertz CT molecular complexity index is 1110. The summed E-state index contributed by atoms with van der Waals surface area (Å²) in [6.45, 7) is 2.89. The molecule has 0 radical (unpaired) electrons. The van der Waals surface area contributed by atoms with Crippen molar-refractivity contribution in [3.8, 4) is 0 Å². The third-order valence-electron chi connectivity index (χ3n) is 6.10. The largest absolute Gasteiger partial charge is 0.353 e. The Morgan fingerprint density at radius 1 is 1.06 bits per heavy atom. The van der Waals surface area contributed by atoms with Crippen LogP contribution < -0.4 is 10.2 Å². The second-order valence-electron chi connectivity index (χ2n) is 8.36. The quantitative estimate of drug-likeness (QED) is 0.720. The lowest BCUT2D eigenvalue weighted by atomic mass is 10.0. The maximum atomic E-state index is 12.9. The van der Waals surface area contributed by atoms with Crippen LogP contribution in [0.2, 0.25) is 5.02 Å². The van der Waals surface area contributed by atoms with E-state index in [1.807, 2.05) is 6.92 Å². The number of piperidine rings is 1. The van der Waals surface area contributed by atoms with Crippen molar-refractivity contribution in [1.29, 1.82) is 0 Å². The number of benzene rings is 2. The Balaban J connectivity index is 1.33. The van der Waals surface area contributed by atoms with E-state index in [0.717, 1.165) is 5.56 Å². The van der Waals surface area contributed by atoms with Gasteiger partial charge in [0.05, 0.1) is 21.5 Å². The predicted molar refractivity (Wildman–Crippen MR) is 123 cm³/mol. The fraction of sp³-hybridized carbons (Fsp3) is 0.391. The average Bonchev–Trinajstić information content (AvgIpc) is 3.16. The van der Waals surface area contributed by atoms with E-state index in [4.69, 9.17) is 11.6 Å². The van der Waals surface area contributed by atoms with Crippen molar-refractivity contribution in [2.45, 2.75) is 37.1 Å². The van der Waals surface area contributed by atoms with E-state index in [1.165, 1.54) is 4.31 Å². The summed E-state index contributed by atoms with van der Waals surface area (Å²) in [4.78, 5) is 27.1. The summed E-state index contributed by atoms with van der Waals surface area (Å²) in [5.41, 5.74) is 1.62. The monoisotopic (exact) mass is 475 g/mol. The first-order chi connectivity index (χ1) is 15.3. The molecule has 2 aromatic carbocycles. The molecule has 170 valence electrons. The maximum Gasteiger partial charge on any atom is 0.243 e. The van der Waals surface area contributed by atoms with Crippen molar-refractivity contribution in [3.63, 3.8) is 0 Å². The van der Waals surface area contributed by atoms with Gasteiger partial charge in [-0.3, -0.25) is 9.59 Å². The summed E-state index contributed by atoms with van der Waals surface area (Å²) in [6.07, 6.45) is 1.20. The average molecular weight is 476 g/mol. The van der Waals surface area contributed by atoms with Crippen LogP contribution in [0.25, 0.3) is 0 Å². The number of amides is 2. The van der Waals surface area contributed by atoms with E-state index in [1.54, 1.807) is 53.4 Å². The van der Waals surface area contributed by atoms with E-state index >= 15 is 0 Å². The molecule has 7 nitrogen and oxygen atoms in total. The smallest absolute Gasteiger partial charge is 0.243 e. The van der Waals surface area contributed by atoms with E-state index in [-0.39, 0.29) is 35.7 Å². The van der Waals surface area contributed by atoms with Crippen molar-refractivity contribution in [2.24, 2.45) is 5.92 Å². The molecule has 0 saturated carbocycles. The van der Waals surface area contributed by atoms with Gasteiger partial charge in [-0.2, -0.15) is 4.31 Å². The number of carbonyl (C=O) groups excluding carboxylic acids is 2. The van der Waals surface area contributed by atoms with Gasteiger partial charge < -0.3 is 10.2 Å². The van der Waals surface area contributed by atoms with Crippen LogP contribution in [-0.2, 0) is 19.6 Å². The molecule has 32 heavy (non-hydrogen) atoms. The van der Waals surface area contributed by atoms with Gasteiger partial charge in [0.2, 0.25) is 21.8 Å². The number of para-hydroxylation sites is 1. The molecule has 2 aliphatic rings. The molecule has 2 saturated heterocycles. The van der Waals surface area contributed by atoms with E-state index in [0.29, 0.717) is 36.6 Å². The first-order valence-corrected chi connectivity index (χ1v) is 12.5. The number of sulfonamides is 1. The van der Waals surface area contributed by atoms with Crippen LogP contribution in [0, 0.1) is 12.8 Å². The second kappa shape index (κ2) is 9.21. The molecule has 9 heteroatoms. The van der Waals surface area contributed by atoms with Crippen LogP contribution in [0.4, 0.5) is 5.69 Å². The summed E-state index contributed by atoms with van der Waals surface area (Å²) < 4.78 is 27.2. The van der Waals surface area contributed by atoms with Gasteiger partial charge in [-0.05, 0) is 44.0 Å². The van der Waals surface area contributed by atoms with Gasteiger partial charge in [-0.25, -0.2) is 8.42 Å². The lowest BCUT2D eigenvalue weighted by Gasteiger charge is -2.32. The minimum absolute atomic E-state index is 0.114. The van der Waals surface area contributed by atoms with Crippen LogP contribution in [0.1, 0.15) is 24.8 Å². The highest BCUT2D eigenvalue weighted by molar-refractivity contribution is 7.89. The summed E-state index contributed by atoms with van der Waals surface area (Å²) in [5.74, 6) is -0.752. The Labute approximate surface area is 193 Å². The van der Waals surface area contributed by atoms with Gasteiger partial charge in [0.1, 0.15) is 0 Å². The number of hydrogen-bond acceptors (Lipinski definition) is 4. The fourth-order valence-electron chi connectivity index (χ4n) is 4.21. The maximum absolute atomic E-state index is 12.9. The number of rotatable bonds is 5. The van der Waals surface area contributed by atoms with E-state index < -0.39 is 15.9 Å². The molecular weight excluding hydrogens is 450 g/mol. The van der Waals surface area contributed by atoms with Crippen LogP contribution in [-0.4, -0.2) is 50.2 Å². The third-order valence-corrected chi connectivity index (χ3v) is 8.33. The highest BCUT2D eigenvalue weighted by atomic mass is 35.5. The molecule has 2 fully saturated rings. The van der Waals surface area contributed by atoms with Crippen molar-refractivity contribution < 1.29 is 18.0 Å². The van der Waals surface area contributed by atoms with Crippen molar-refractivity contribution in [1.82, 2.24) is 9.62 Å². The number of nitrogens with zero attached hydrogens (tertiary/aromatic N) is 2. The van der Waals surface area contributed by atoms with Crippen LogP contribution in [0.15, 0.2) is 53.4 Å². The Morgan fingerprint density at radius 3 is 2.38 bits per heavy atom. The van der Waals surface area contributed by atoms with Crippen molar-refractivity contribution in [3.05, 3.63) is 59.1 Å². The minimum atomic E-state index is -3.54. The van der Waals surface area contributed by atoms with E-state index in [2.05, 4.69) is 5.32 Å². The normalized spacial score (nSPS) is 20.5. The standard InChI is InChI=1S/C23H26ClN3O4S/c1-16-6-8-19(9-7-16)32(30,31)26-12-10-18(11-13-26)25-23(29)17-14-22(28)27(15-17)21-5-3-2-4-20(21)24/h2-9,17-18H,10-15H2,1H3,(H,25,29)/t17-/m1/s1. The zero-order chi connectivity index (χ0) is 22.9. The topological polar surface area (TPSA) is 86.8 Å². The van der Waals surface area contributed by atoms with Crippen LogP contribution in [0.3, 0.4) is 0 Å². The molecule has 2 heterocycles. The van der Waals surface area contributed by atoms with Gasteiger partial charge in [0.15, 0.2) is 0 Å². The number of halogens is 1. The molecule has 0 aromatic heterocycles. The van der Waals surface area contributed by atoms with Crippen LogP contribution >= 0.6 is 11.6 Å². The first-order valence-electron chi connectivity index (χ1n) is 10.7. The second-order valence-corrected chi connectivity index (χ2v) is 10.7. The lowest BCUT2D eigenvalue weighted by molar-refractivity contribution is -0.127. The zero-order valence-electron chi connectivity index (χ0n) is 17.8. The van der Waals surface area contributed by atoms with Gasteiger partial charge in [0, 0.05) is 32.1 Å². The minimum Gasteiger partial charge on any atom is -0.353 e. The summed E-state index contributed by atoms with van der Waals surface area (Å²) in [5, 5.41) is 3.49. The number of hydrogen-bond donors (Lipinski definition) is 1. The molecular formula is C23H26ClN3O4S. The van der Waals surface area contributed by atoms with Crippen LogP contribution in [0.5, 0.6) is 0 Å².